The normalized spacial score (nSPS) is 18.9. The molecule has 6 heteroatoms. The fourth-order valence-corrected chi connectivity index (χ4v) is 3.79. The van der Waals surface area contributed by atoms with Crippen molar-refractivity contribution in [3.05, 3.63) is 33.9 Å². The summed E-state index contributed by atoms with van der Waals surface area (Å²) in [4.78, 5) is 12.6. The van der Waals surface area contributed by atoms with Crippen LogP contribution >= 0.6 is 11.8 Å². The average molecular weight is 305 g/mol. The SMILES string of the molecule is CCSC1CCCCN(c2ccc([N+](=O)[O-])cc2C#N)C1. The third-order valence-electron chi connectivity index (χ3n) is 3.68. The Labute approximate surface area is 129 Å². The Bertz CT molecular complexity index is 556. The Morgan fingerprint density at radius 2 is 2.33 bits per heavy atom. The van der Waals surface area contributed by atoms with Gasteiger partial charge in [0, 0.05) is 30.5 Å². The van der Waals surface area contributed by atoms with Crippen molar-refractivity contribution in [1.29, 1.82) is 5.26 Å². The molecule has 112 valence electrons. The highest BCUT2D eigenvalue weighted by Crippen LogP contribution is 2.29. The van der Waals surface area contributed by atoms with Crippen molar-refractivity contribution >= 4 is 23.1 Å². The van der Waals surface area contributed by atoms with Gasteiger partial charge < -0.3 is 4.90 Å². The molecule has 0 spiro atoms. The summed E-state index contributed by atoms with van der Waals surface area (Å²) in [5, 5.41) is 20.7. The van der Waals surface area contributed by atoms with Gasteiger partial charge in [0.05, 0.1) is 16.2 Å². The number of hydrogen-bond acceptors (Lipinski definition) is 5. The molecule has 0 saturated carbocycles. The topological polar surface area (TPSA) is 70.2 Å². The molecule has 2 rings (SSSR count). The van der Waals surface area contributed by atoms with Crippen molar-refractivity contribution < 1.29 is 4.92 Å². The number of nitro benzene ring substituents is 1. The van der Waals surface area contributed by atoms with Crippen LogP contribution in [0.3, 0.4) is 0 Å². The Morgan fingerprint density at radius 3 is 3.00 bits per heavy atom. The fourth-order valence-electron chi connectivity index (χ4n) is 2.70. The van der Waals surface area contributed by atoms with E-state index in [9.17, 15) is 15.4 Å². The quantitative estimate of drug-likeness (QED) is 0.628. The summed E-state index contributed by atoms with van der Waals surface area (Å²) in [6.07, 6.45) is 3.50. The van der Waals surface area contributed by atoms with Crippen LogP contribution in [0.2, 0.25) is 0 Å². The number of nitro groups is 1. The maximum Gasteiger partial charge on any atom is 0.270 e. The summed E-state index contributed by atoms with van der Waals surface area (Å²) >= 11 is 1.95. The standard InChI is InChI=1S/C15H19N3O2S/c1-2-21-14-5-3-4-8-17(11-14)15-7-6-13(18(19)20)9-12(15)10-16/h6-7,9,14H,2-5,8,11H2,1H3. The molecule has 1 heterocycles. The summed E-state index contributed by atoms with van der Waals surface area (Å²) in [7, 11) is 0. The van der Waals surface area contributed by atoms with E-state index < -0.39 is 4.92 Å². The van der Waals surface area contributed by atoms with Gasteiger partial charge in [0.25, 0.3) is 5.69 Å². The Balaban J connectivity index is 2.27. The average Bonchev–Trinajstić information content (AvgIpc) is 2.72. The van der Waals surface area contributed by atoms with Gasteiger partial charge >= 0.3 is 0 Å². The molecule has 0 amide bonds. The van der Waals surface area contributed by atoms with Crippen molar-refractivity contribution in [2.24, 2.45) is 0 Å². The van der Waals surface area contributed by atoms with Gasteiger partial charge in [-0.1, -0.05) is 13.3 Å². The number of nitrogens with zero attached hydrogens (tertiary/aromatic N) is 3. The van der Waals surface area contributed by atoms with Gasteiger partial charge in [0.1, 0.15) is 6.07 Å². The highest BCUT2D eigenvalue weighted by atomic mass is 32.2. The van der Waals surface area contributed by atoms with Gasteiger partial charge in [-0.15, -0.1) is 0 Å². The zero-order chi connectivity index (χ0) is 15.2. The van der Waals surface area contributed by atoms with Gasteiger partial charge in [-0.3, -0.25) is 10.1 Å². The largest absolute Gasteiger partial charge is 0.369 e. The molecule has 0 radical (unpaired) electrons. The lowest BCUT2D eigenvalue weighted by molar-refractivity contribution is -0.384. The number of benzene rings is 1. The van der Waals surface area contributed by atoms with Crippen LogP contribution in [0.15, 0.2) is 18.2 Å². The molecule has 0 bridgehead atoms. The molecule has 1 atom stereocenters. The minimum atomic E-state index is -0.456. The zero-order valence-electron chi connectivity index (χ0n) is 12.1. The molecular weight excluding hydrogens is 286 g/mol. The summed E-state index contributed by atoms with van der Waals surface area (Å²) in [6, 6.07) is 6.69. The van der Waals surface area contributed by atoms with Gasteiger partial charge in [-0.25, -0.2) is 0 Å². The van der Waals surface area contributed by atoms with Crippen molar-refractivity contribution in [2.75, 3.05) is 23.7 Å². The van der Waals surface area contributed by atoms with E-state index in [0.717, 1.165) is 31.0 Å². The van der Waals surface area contributed by atoms with Crippen LogP contribution in [-0.4, -0.2) is 29.0 Å². The van der Waals surface area contributed by atoms with E-state index in [1.165, 1.54) is 25.0 Å². The molecule has 1 aliphatic heterocycles. The monoisotopic (exact) mass is 305 g/mol. The number of nitriles is 1. The molecule has 1 unspecified atom stereocenters. The van der Waals surface area contributed by atoms with Gasteiger partial charge in [-0.05, 0) is 24.7 Å². The molecule has 0 N–H and O–H groups in total. The molecule has 5 nitrogen and oxygen atoms in total. The minimum Gasteiger partial charge on any atom is -0.369 e. The minimum absolute atomic E-state index is 0.0235. The van der Waals surface area contributed by atoms with E-state index in [1.807, 2.05) is 11.8 Å². The van der Waals surface area contributed by atoms with Crippen LogP contribution in [0.25, 0.3) is 0 Å². The van der Waals surface area contributed by atoms with Crippen LogP contribution in [0.5, 0.6) is 0 Å². The number of anilines is 1. The second-order valence-corrected chi connectivity index (χ2v) is 6.67. The first-order valence-corrected chi connectivity index (χ1v) is 8.25. The number of non-ortho nitro benzene ring substituents is 1. The Hall–Kier alpha value is -1.74. The highest BCUT2D eigenvalue weighted by Gasteiger charge is 2.21. The zero-order valence-corrected chi connectivity index (χ0v) is 12.9. The van der Waals surface area contributed by atoms with Crippen LogP contribution < -0.4 is 4.90 Å². The van der Waals surface area contributed by atoms with E-state index >= 15 is 0 Å². The second kappa shape index (κ2) is 7.32. The highest BCUT2D eigenvalue weighted by molar-refractivity contribution is 7.99. The smallest absolute Gasteiger partial charge is 0.270 e. The number of thioether (sulfide) groups is 1. The van der Waals surface area contributed by atoms with E-state index in [2.05, 4.69) is 17.9 Å². The molecule has 1 saturated heterocycles. The fraction of sp³-hybridized carbons (Fsp3) is 0.533. The molecule has 1 aromatic rings. The van der Waals surface area contributed by atoms with Gasteiger partial charge in [0.15, 0.2) is 0 Å². The predicted molar refractivity (Wildman–Crippen MR) is 85.8 cm³/mol. The molecule has 1 aliphatic rings. The molecule has 1 fully saturated rings. The first-order chi connectivity index (χ1) is 10.2. The van der Waals surface area contributed by atoms with E-state index in [4.69, 9.17) is 0 Å². The van der Waals surface area contributed by atoms with Crippen LogP contribution in [0.1, 0.15) is 31.7 Å². The molecular formula is C15H19N3O2S. The summed E-state index contributed by atoms with van der Waals surface area (Å²) in [5.41, 5.74) is 1.20. The third kappa shape index (κ3) is 3.88. The maximum atomic E-state index is 10.8. The summed E-state index contributed by atoms with van der Waals surface area (Å²) < 4.78 is 0. The first-order valence-electron chi connectivity index (χ1n) is 7.20. The predicted octanol–water partition coefficient (Wildman–Crippen LogP) is 3.58. The lowest BCUT2D eigenvalue weighted by atomic mass is 10.1. The van der Waals surface area contributed by atoms with E-state index in [-0.39, 0.29) is 5.69 Å². The van der Waals surface area contributed by atoms with Crippen molar-refractivity contribution in [3.8, 4) is 6.07 Å². The Kier molecular flexibility index (Phi) is 5.45. The van der Waals surface area contributed by atoms with Crippen LogP contribution in [-0.2, 0) is 0 Å². The van der Waals surface area contributed by atoms with Crippen molar-refractivity contribution in [2.45, 2.75) is 31.4 Å². The number of hydrogen-bond donors (Lipinski definition) is 0. The van der Waals surface area contributed by atoms with E-state index in [0.29, 0.717) is 10.8 Å². The van der Waals surface area contributed by atoms with Crippen molar-refractivity contribution in [1.82, 2.24) is 0 Å². The second-order valence-electron chi connectivity index (χ2n) is 5.09. The molecule has 1 aromatic carbocycles. The van der Waals surface area contributed by atoms with Crippen LogP contribution in [0, 0.1) is 21.4 Å². The van der Waals surface area contributed by atoms with Gasteiger partial charge in [-0.2, -0.15) is 17.0 Å². The lowest BCUT2D eigenvalue weighted by Crippen LogP contribution is -2.30. The maximum absolute atomic E-state index is 10.8. The molecule has 21 heavy (non-hydrogen) atoms. The summed E-state index contributed by atoms with van der Waals surface area (Å²) in [5.74, 6) is 1.09. The van der Waals surface area contributed by atoms with Gasteiger partial charge in [0.2, 0.25) is 0 Å². The van der Waals surface area contributed by atoms with Crippen LogP contribution in [0.4, 0.5) is 11.4 Å². The molecule has 0 aromatic heterocycles. The lowest BCUT2D eigenvalue weighted by Gasteiger charge is -2.26. The molecule has 0 aliphatic carbocycles. The summed E-state index contributed by atoms with van der Waals surface area (Å²) in [6.45, 7) is 3.98. The third-order valence-corrected chi connectivity index (χ3v) is 4.87. The number of rotatable bonds is 4. The van der Waals surface area contributed by atoms with Crippen molar-refractivity contribution in [3.63, 3.8) is 0 Å². The van der Waals surface area contributed by atoms with E-state index in [1.54, 1.807) is 6.07 Å². The Morgan fingerprint density at radius 1 is 1.52 bits per heavy atom. The first kappa shape index (κ1) is 15.6.